The maximum absolute atomic E-state index is 4.76. The lowest BCUT2D eigenvalue weighted by Crippen LogP contribution is -2.44. The van der Waals surface area contributed by atoms with Crippen LogP contribution in [0.4, 0.5) is 5.69 Å². The van der Waals surface area contributed by atoms with Crippen molar-refractivity contribution in [3.63, 3.8) is 0 Å². The lowest BCUT2D eigenvalue weighted by molar-refractivity contribution is 0.643. The molecule has 1 unspecified atom stereocenters. The zero-order chi connectivity index (χ0) is 18.6. The van der Waals surface area contributed by atoms with Gasteiger partial charge in [-0.3, -0.25) is 0 Å². The minimum absolute atomic E-state index is 0. The van der Waals surface area contributed by atoms with E-state index in [1.54, 1.807) is 0 Å². The fourth-order valence-corrected chi connectivity index (χ4v) is 3.86. The minimum Gasteiger partial charge on any atom is -0.369 e. The Bertz CT molecular complexity index is 799. The average Bonchev–Trinajstić information content (AvgIpc) is 3.38. The molecule has 1 saturated heterocycles. The second-order valence-electron chi connectivity index (χ2n) is 7.39. The highest BCUT2D eigenvalue weighted by atomic mass is 127. The summed E-state index contributed by atoms with van der Waals surface area (Å²) in [6, 6.07) is 9.18. The number of hydrogen-bond donors (Lipinski definition) is 2. The van der Waals surface area contributed by atoms with Crippen LogP contribution in [0.15, 0.2) is 29.3 Å². The third-order valence-electron chi connectivity index (χ3n) is 5.34. The molecule has 2 N–H and O–H groups in total. The Hall–Kier alpha value is -1.84. The van der Waals surface area contributed by atoms with E-state index >= 15 is 0 Å². The highest BCUT2D eigenvalue weighted by Crippen LogP contribution is 2.20. The fourth-order valence-electron chi connectivity index (χ4n) is 3.86. The van der Waals surface area contributed by atoms with Gasteiger partial charge in [-0.05, 0) is 38.8 Å². The molecule has 152 valence electrons. The van der Waals surface area contributed by atoms with Crippen molar-refractivity contribution in [3.05, 3.63) is 41.5 Å². The third kappa shape index (κ3) is 4.76. The van der Waals surface area contributed by atoms with Crippen molar-refractivity contribution in [3.8, 4) is 0 Å². The van der Waals surface area contributed by atoms with Crippen molar-refractivity contribution in [1.82, 2.24) is 25.4 Å². The Labute approximate surface area is 184 Å². The summed E-state index contributed by atoms with van der Waals surface area (Å²) in [6.45, 7) is 8.72. The van der Waals surface area contributed by atoms with E-state index in [1.165, 1.54) is 11.3 Å². The van der Waals surface area contributed by atoms with Crippen LogP contribution < -0.4 is 15.5 Å². The second-order valence-corrected chi connectivity index (χ2v) is 7.39. The first kappa shape index (κ1) is 20.9. The van der Waals surface area contributed by atoms with Gasteiger partial charge in [0.15, 0.2) is 11.8 Å². The van der Waals surface area contributed by atoms with Crippen molar-refractivity contribution in [1.29, 1.82) is 0 Å². The molecule has 0 aliphatic carbocycles. The molecule has 1 aromatic heterocycles. The first-order valence-electron chi connectivity index (χ1n) is 10.0. The SMILES string of the molecule is CCNC(=NCc1nnc2n1CCC2)NC1CCN(c2ccc(C)cc2)C1.I. The van der Waals surface area contributed by atoms with E-state index in [-0.39, 0.29) is 24.0 Å². The number of rotatable bonds is 5. The topological polar surface area (TPSA) is 70.4 Å². The number of aromatic nitrogens is 3. The molecule has 2 aliphatic heterocycles. The molecule has 1 atom stereocenters. The summed E-state index contributed by atoms with van der Waals surface area (Å²) in [5.41, 5.74) is 2.60. The van der Waals surface area contributed by atoms with Crippen molar-refractivity contribution in [2.24, 2.45) is 4.99 Å². The van der Waals surface area contributed by atoms with Crippen molar-refractivity contribution in [2.75, 3.05) is 24.5 Å². The van der Waals surface area contributed by atoms with Gasteiger partial charge in [-0.1, -0.05) is 17.7 Å². The van der Waals surface area contributed by atoms with E-state index in [2.05, 4.69) is 68.4 Å². The van der Waals surface area contributed by atoms with Crippen molar-refractivity contribution in [2.45, 2.75) is 52.2 Å². The molecule has 2 aliphatic rings. The maximum atomic E-state index is 4.76. The number of anilines is 1. The van der Waals surface area contributed by atoms with Crippen LogP contribution in [0, 0.1) is 6.92 Å². The van der Waals surface area contributed by atoms with Gasteiger partial charge in [-0.2, -0.15) is 0 Å². The summed E-state index contributed by atoms with van der Waals surface area (Å²) in [5, 5.41) is 15.5. The molecule has 7 nitrogen and oxygen atoms in total. The van der Waals surface area contributed by atoms with Gasteiger partial charge in [0.2, 0.25) is 0 Å². The van der Waals surface area contributed by atoms with Crippen LogP contribution in [0.5, 0.6) is 0 Å². The smallest absolute Gasteiger partial charge is 0.191 e. The largest absolute Gasteiger partial charge is 0.369 e. The molecule has 4 rings (SSSR count). The van der Waals surface area contributed by atoms with Crippen LogP contribution in [0.1, 0.15) is 37.0 Å². The number of hydrogen-bond acceptors (Lipinski definition) is 4. The van der Waals surface area contributed by atoms with E-state index in [1.807, 2.05) is 0 Å². The molecule has 0 radical (unpaired) electrons. The van der Waals surface area contributed by atoms with Gasteiger partial charge in [0.1, 0.15) is 12.4 Å². The van der Waals surface area contributed by atoms with Crippen molar-refractivity contribution >= 4 is 35.6 Å². The van der Waals surface area contributed by atoms with Crippen LogP contribution >= 0.6 is 24.0 Å². The Morgan fingerprint density at radius 3 is 2.82 bits per heavy atom. The molecule has 1 fully saturated rings. The maximum Gasteiger partial charge on any atom is 0.191 e. The lowest BCUT2D eigenvalue weighted by atomic mass is 10.2. The van der Waals surface area contributed by atoms with Gasteiger partial charge in [0, 0.05) is 44.3 Å². The lowest BCUT2D eigenvalue weighted by Gasteiger charge is -2.20. The van der Waals surface area contributed by atoms with Crippen LogP contribution in [-0.4, -0.2) is 46.4 Å². The Morgan fingerprint density at radius 2 is 2.04 bits per heavy atom. The van der Waals surface area contributed by atoms with Gasteiger partial charge in [0.25, 0.3) is 0 Å². The summed E-state index contributed by atoms with van der Waals surface area (Å²) in [6.07, 6.45) is 3.31. The molecule has 0 spiro atoms. The van der Waals surface area contributed by atoms with Crippen LogP contribution in [0.3, 0.4) is 0 Å². The fraction of sp³-hybridized carbons (Fsp3) is 0.550. The van der Waals surface area contributed by atoms with Crippen molar-refractivity contribution < 1.29 is 0 Å². The van der Waals surface area contributed by atoms with Gasteiger partial charge in [0.05, 0.1) is 0 Å². The zero-order valence-corrected chi connectivity index (χ0v) is 19.0. The summed E-state index contributed by atoms with van der Waals surface area (Å²) in [4.78, 5) is 7.20. The summed E-state index contributed by atoms with van der Waals surface area (Å²) < 4.78 is 2.21. The van der Waals surface area contributed by atoms with E-state index in [4.69, 9.17) is 4.99 Å². The molecule has 28 heavy (non-hydrogen) atoms. The van der Waals surface area contributed by atoms with E-state index in [0.717, 1.165) is 63.0 Å². The van der Waals surface area contributed by atoms with E-state index in [0.29, 0.717) is 12.6 Å². The van der Waals surface area contributed by atoms with E-state index < -0.39 is 0 Å². The zero-order valence-electron chi connectivity index (χ0n) is 16.7. The molecule has 0 amide bonds. The molecule has 0 bridgehead atoms. The molecular formula is C20H30IN7. The number of aliphatic imine (C=N–C) groups is 1. The second kappa shape index (κ2) is 9.58. The van der Waals surface area contributed by atoms with Crippen LogP contribution in [0.25, 0.3) is 0 Å². The Morgan fingerprint density at radius 1 is 1.21 bits per heavy atom. The molecular weight excluding hydrogens is 465 g/mol. The first-order chi connectivity index (χ1) is 13.2. The molecule has 3 heterocycles. The third-order valence-corrected chi connectivity index (χ3v) is 5.34. The van der Waals surface area contributed by atoms with Crippen LogP contribution in [0.2, 0.25) is 0 Å². The molecule has 1 aromatic carbocycles. The highest BCUT2D eigenvalue weighted by Gasteiger charge is 2.23. The van der Waals surface area contributed by atoms with Gasteiger partial charge in [-0.25, -0.2) is 4.99 Å². The predicted molar refractivity (Wildman–Crippen MR) is 124 cm³/mol. The quantitative estimate of drug-likeness (QED) is 0.379. The number of aryl methyl sites for hydroxylation is 2. The van der Waals surface area contributed by atoms with Gasteiger partial charge < -0.3 is 20.1 Å². The Balaban J connectivity index is 0.00000225. The monoisotopic (exact) mass is 495 g/mol. The summed E-state index contributed by atoms with van der Waals surface area (Å²) >= 11 is 0. The normalized spacial score (nSPS) is 18.7. The minimum atomic E-state index is 0. The number of halogens is 1. The van der Waals surface area contributed by atoms with E-state index in [9.17, 15) is 0 Å². The molecule has 2 aromatic rings. The first-order valence-corrected chi connectivity index (χ1v) is 10.0. The number of nitrogens with one attached hydrogen (secondary N) is 2. The number of benzene rings is 1. The number of fused-ring (bicyclic) bond motifs is 1. The molecule has 8 heteroatoms. The summed E-state index contributed by atoms with van der Waals surface area (Å²) in [7, 11) is 0. The van der Waals surface area contributed by atoms with Crippen LogP contribution in [-0.2, 0) is 19.5 Å². The standard InChI is InChI=1S/C20H29N7.HI/c1-3-21-20(22-13-19-25-24-18-5-4-11-27(18)19)23-16-10-12-26(14-16)17-8-6-15(2)7-9-17;/h6-9,16H,3-5,10-14H2,1-2H3,(H2,21,22,23);1H. The summed E-state index contributed by atoms with van der Waals surface area (Å²) in [5.74, 6) is 2.93. The molecule has 0 saturated carbocycles. The number of guanidine groups is 1. The highest BCUT2D eigenvalue weighted by molar-refractivity contribution is 14.0. The van der Waals surface area contributed by atoms with Gasteiger partial charge >= 0.3 is 0 Å². The Kier molecular flexibility index (Phi) is 7.14. The number of nitrogens with zero attached hydrogens (tertiary/aromatic N) is 5. The average molecular weight is 495 g/mol. The predicted octanol–water partition coefficient (Wildman–Crippen LogP) is 2.48. The van der Waals surface area contributed by atoms with Gasteiger partial charge in [-0.15, -0.1) is 34.2 Å².